The molecule has 0 aliphatic carbocycles. The number of aryl methyl sites for hydroxylation is 1. The SMILES string of the molecule is COc1cc(Nc2nc(C)cc(NCCCN(C)C)n2)cc(OC)c1OC. The van der Waals surface area contributed by atoms with Gasteiger partial charge in [-0.3, -0.25) is 0 Å². The van der Waals surface area contributed by atoms with E-state index in [2.05, 4.69) is 39.6 Å². The van der Waals surface area contributed by atoms with Gasteiger partial charge in [0.2, 0.25) is 11.7 Å². The van der Waals surface area contributed by atoms with Crippen LogP contribution in [0.5, 0.6) is 17.2 Å². The van der Waals surface area contributed by atoms with Gasteiger partial charge in [0.15, 0.2) is 11.5 Å². The molecule has 0 radical (unpaired) electrons. The highest BCUT2D eigenvalue weighted by Gasteiger charge is 2.14. The van der Waals surface area contributed by atoms with Crippen LogP contribution in [0.25, 0.3) is 0 Å². The summed E-state index contributed by atoms with van der Waals surface area (Å²) >= 11 is 0. The normalized spacial score (nSPS) is 10.6. The van der Waals surface area contributed by atoms with Crippen molar-refractivity contribution in [2.24, 2.45) is 0 Å². The average Bonchev–Trinajstić information content (AvgIpc) is 2.63. The molecule has 2 aromatic rings. The Labute approximate surface area is 160 Å². The average molecular weight is 375 g/mol. The van der Waals surface area contributed by atoms with E-state index >= 15 is 0 Å². The van der Waals surface area contributed by atoms with E-state index in [0.717, 1.165) is 36.7 Å². The number of anilines is 3. The first-order valence-corrected chi connectivity index (χ1v) is 8.78. The van der Waals surface area contributed by atoms with Crippen molar-refractivity contribution in [1.82, 2.24) is 14.9 Å². The van der Waals surface area contributed by atoms with Crippen LogP contribution in [0.1, 0.15) is 12.1 Å². The predicted molar refractivity (Wildman–Crippen MR) is 108 cm³/mol. The zero-order valence-electron chi connectivity index (χ0n) is 16.9. The Bertz CT molecular complexity index is 727. The molecule has 0 aliphatic heterocycles. The summed E-state index contributed by atoms with van der Waals surface area (Å²) in [6.07, 6.45) is 1.03. The first-order valence-electron chi connectivity index (χ1n) is 8.78. The van der Waals surface area contributed by atoms with E-state index in [1.807, 2.05) is 25.1 Å². The number of nitrogens with one attached hydrogen (secondary N) is 2. The summed E-state index contributed by atoms with van der Waals surface area (Å²) in [5.41, 5.74) is 1.61. The van der Waals surface area contributed by atoms with E-state index in [4.69, 9.17) is 14.2 Å². The quantitative estimate of drug-likeness (QED) is 0.614. The molecule has 2 N–H and O–H groups in total. The maximum Gasteiger partial charge on any atom is 0.229 e. The van der Waals surface area contributed by atoms with Crippen molar-refractivity contribution in [2.75, 3.05) is 59.1 Å². The molecular formula is C19H29N5O3. The van der Waals surface area contributed by atoms with E-state index in [1.165, 1.54) is 0 Å². The highest BCUT2D eigenvalue weighted by atomic mass is 16.5. The lowest BCUT2D eigenvalue weighted by Crippen LogP contribution is -2.17. The lowest BCUT2D eigenvalue weighted by Gasteiger charge is -2.15. The monoisotopic (exact) mass is 375 g/mol. The van der Waals surface area contributed by atoms with E-state index < -0.39 is 0 Å². The number of benzene rings is 1. The summed E-state index contributed by atoms with van der Waals surface area (Å²) in [6, 6.07) is 5.56. The van der Waals surface area contributed by atoms with Gasteiger partial charge in [-0.2, -0.15) is 4.98 Å². The van der Waals surface area contributed by atoms with Gasteiger partial charge >= 0.3 is 0 Å². The molecule has 27 heavy (non-hydrogen) atoms. The molecule has 0 bridgehead atoms. The maximum absolute atomic E-state index is 5.39. The van der Waals surface area contributed by atoms with Crippen molar-refractivity contribution in [3.8, 4) is 17.2 Å². The second-order valence-electron chi connectivity index (χ2n) is 6.34. The zero-order valence-corrected chi connectivity index (χ0v) is 16.9. The molecule has 2 rings (SSSR count). The Hall–Kier alpha value is -2.74. The minimum Gasteiger partial charge on any atom is -0.493 e. The molecule has 1 heterocycles. The molecule has 148 valence electrons. The predicted octanol–water partition coefficient (Wildman–Crippen LogP) is 2.92. The second-order valence-corrected chi connectivity index (χ2v) is 6.34. The van der Waals surface area contributed by atoms with E-state index in [9.17, 15) is 0 Å². The molecule has 1 aromatic heterocycles. The van der Waals surface area contributed by atoms with Crippen LogP contribution in [0.15, 0.2) is 18.2 Å². The minimum absolute atomic E-state index is 0.499. The van der Waals surface area contributed by atoms with Crippen LogP contribution in [0.2, 0.25) is 0 Å². The van der Waals surface area contributed by atoms with Crippen LogP contribution in [-0.2, 0) is 0 Å². The summed E-state index contributed by atoms with van der Waals surface area (Å²) in [6.45, 7) is 3.80. The lowest BCUT2D eigenvalue weighted by molar-refractivity contribution is 0.324. The Morgan fingerprint density at radius 1 is 0.963 bits per heavy atom. The van der Waals surface area contributed by atoms with Crippen LogP contribution in [0.4, 0.5) is 17.5 Å². The van der Waals surface area contributed by atoms with Gasteiger partial charge in [-0.1, -0.05) is 0 Å². The number of methoxy groups -OCH3 is 3. The van der Waals surface area contributed by atoms with Crippen LogP contribution >= 0.6 is 0 Å². The van der Waals surface area contributed by atoms with Gasteiger partial charge in [0.05, 0.1) is 21.3 Å². The molecule has 8 nitrogen and oxygen atoms in total. The molecule has 8 heteroatoms. The topological polar surface area (TPSA) is 80.8 Å². The summed E-state index contributed by atoms with van der Waals surface area (Å²) < 4.78 is 16.1. The molecular weight excluding hydrogens is 346 g/mol. The molecule has 0 spiro atoms. The minimum atomic E-state index is 0.499. The first-order chi connectivity index (χ1) is 13.0. The molecule has 0 amide bonds. The second kappa shape index (κ2) is 9.82. The van der Waals surface area contributed by atoms with E-state index in [0.29, 0.717) is 23.2 Å². The van der Waals surface area contributed by atoms with Crippen molar-refractivity contribution in [3.63, 3.8) is 0 Å². The highest BCUT2D eigenvalue weighted by Crippen LogP contribution is 2.40. The van der Waals surface area contributed by atoms with Gasteiger partial charge in [0.1, 0.15) is 5.82 Å². The summed E-state index contributed by atoms with van der Waals surface area (Å²) in [5, 5.41) is 6.55. The van der Waals surface area contributed by atoms with Crippen molar-refractivity contribution in [1.29, 1.82) is 0 Å². The number of hydrogen-bond acceptors (Lipinski definition) is 8. The fourth-order valence-electron chi connectivity index (χ4n) is 2.61. The number of ether oxygens (including phenoxy) is 3. The summed E-state index contributed by atoms with van der Waals surface area (Å²) in [4.78, 5) is 11.2. The van der Waals surface area contributed by atoms with Gasteiger partial charge < -0.3 is 29.7 Å². The van der Waals surface area contributed by atoms with Crippen LogP contribution < -0.4 is 24.8 Å². The van der Waals surface area contributed by atoms with E-state index in [1.54, 1.807) is 21.3 Å². The van der Waals surface area contributed by atoms with E-state index in [-0.39, 0.29) is 0 Å². The van der Waals surface area contributed by atoms with Gasteiger partial charge in [-0.25, -0.2) is 4.98 Å². The third-order valence-corrected chi connectivity index (χ3v) is 3.86. The van der Waals surface area contributed by atoms with Crippen LogP contribution in [-0.4, -0.2) is 63.4 Å². The number of rotatable bonds is 10. The molecule has 1 aromatic carbocycles. The fraction of sp³-hybridized carbons (Fsp3) is 0.474. The van der Waals surface area contributed by atoms with Gasteiger partial charge in [-0.05, 0) is 34.0 Å². The van der Waals surface area contributed by atoms with Gasteiger partial charge in [0.25, 0.3) is 0 Å². The zero-order chi connectivity index (χ0) is 19.8. The Morgan fingerprint density at radius 3 is 2.19 bits per heavy atom. The number of aromatic nitrogens is 2. The maximum atomic E-state index is 5.39. The van der Waals surface area contributed by atoms with Crippen molar-refractivity contribution < 1.29 is 14.2 Å². The molecule has 0 fully saturated rings. The Morgan fingerprint density at radius 2 is 1.63 bits per heavy atom. The highest BCUT2D eigenvalue weighted by molar-refractivity contribution is 5.66. The van der Waals surface area contributed by atoms with Crippen molar-refractivity contribution in [3.05, 3.63) is 23.9 Å². The third kappa shape index (κ3) is 5.89. The largest absolute Gasteiger partial charge is 0.493 e. The van der Waals surface area contributed by atoms with Crippen molar-refractivity contribution >= 4 is 17.5 Å². The van der Waals surface area contributed by atoms with Gasteiger partial charge in [-0.15, -0.1) is 0 Å². The Kier molecular flexibility index (Phi) is 7.48. The number of nitrogens with zero attached hydrogens (tertiary/aromatic N) is 3. The molecule has 0 unspecified atom stereocenters. The van der Waals surface area contributed by atoms with Crippen LogP contribution in [0, 0.1) is 6.92 Å². The molecule has 0 saturated heterocycles. The molecule has 0 atom stereocenters. The molecule has 0 aliphatic rings. The Balaban J connectivity index is 2.17. The summed E-state index contributed by atoms with van der Waals surface area (Å²) in [7, 11) is 8.87. The third-order valence-electron chi connectivity index (χ3n) is 3.86. The standard InChI is InChI=1S/C19H29N5O3/c1-13-10-17(20-8-7-9-24(2)3)23-19(21-13)22-14-11-15(25-4)18(27-6)16(12-14)26-5/h10-12H,7-9H2,1-6H3,(H2,20,21,22,23). The fourth-order valence-corrected chi connectivity index (χ4v) is 2.61. The summed E-state index contributed by atoms with van der Waals surface area (Å²) in [5.74, 6) is 2.96. The van der Waals surface area contributed by atoms with Gasteiger partial charge in [0, 0.05) is 36.1 Å². The van der Waals surface area contributed by atoms with Crippen LogP contribution in [0.3, 0.4) is 0 Å². The lowest BCUT2D eigenvalue weighted by atomic mass is 10.2. The molecule has 0 saturated carbocycles. The number of hydrogen-bond donors (Lipinski definition) is 2. The first kappa shape index (κ1) is 20.6. The smallest absolute Gasteiger partial charge is 0.229 e. The van der Waals surface area contributed by atoms with Crippen molar-refractivity contribution in [2.45, 2.75) is 13.3 Å².